The van der Waals surface area contributed by atoms with Gasteiger partial charge >= 0.3 is 6.18 Å². The first-order valence-electron chi connectivity index (χ1n) is 6.63. The number of nitrogens with two attached hydrogens (primary N) is 1. The molecule has 3 aromatic rings. The molecule has 3 rings (SSSR count). The number of hydrogen-bond donors (Lipinski definition) is 1. The maximum atomic E-state index is 13.2. The average Bonchev–Trinajstić information content (AvgIpc) is 2.46. The van der Waals surface area contributed by atoms with Gasteiger partial charge in [-0.2, -0.15) is 13.2 Å². The highest BCUT2D eigenvalue weighted by Gasteiger charge is 2.39. The number of aryl methyl sites for hydroxylation is 1. The highest BCUT2D eigenvalue weighted by molar-refractivity contribution is 6.06. The maximum absolute atomic E-state index is 13.2. The molecular formula is C17H14F3N. The van der Waals surface area contributed by atoms with Gasteiger partial charge in [0, 0.05) is 0 Å². The van der Waals surface area contributed by atoms with Gasteiger partial charge in [0.2, 0.25) is 0 Å². The molecule has 4 heteroatoms. The average molecular weight is 289 g/mol. The topological polar surface area (TPSA) is 26.0 Å². The lowest BCUT2D eigenvalue weighted by Gasteiger charge is -2.21. The van der Waals surface area contributed by atoms with Crippen LogP contribution in [0.1, 0.15) is 17.2 Å². The molecule has 0 heterocycles. The van der Waals surface area contributed by atoms with Crippen LogP contribution in [0.25, 0.3) is 21.5 Å². The first kappa shape index (κ1) is 13.9. The molecule has 0 unspecified atom stereocenters. The minimum Gasteiger partial charge on any atom is -0.316 e. The van der Waals surface area contributed by atoms with Crippen molar-refractivity contribution in [2.24, 2.45) is 5.73 Å². The molecule has 21 heavy (non-hydrogen) atoms. The summed E-state index contributed by atoms with van der Waals surface area (Å²) < 4.78 is 39.5. The fourth-order valence-electron chi connectivity index (χ4n) is 2.88. The Morgan fingerprint density at radius 1 is 0.810 bits per heavy atom. The monoisotopic (exact) mass is 289 g/mol. The van der Waals surface area contributed by atoms with Crippen LogP contribution in [0.5, 0.6) is 0 Å². The summed E-state index contributed by atoms with van der Waals surface area (Å²) in [5.74, 6) is 0. The van der Waals surface area contributed by atoms with Gasteiger partial charge in [0.15, 0.2) is 0 Å². The Morgan fingerprint density at radius 3 is 1.57 bits per heavy atom. The largest absolute Gasteiger partial charge is 0.407 e. The number of hydrogen-bond acceptors (Lipinski definition) is 1. The van der Waals surface area contributed by atoms with Gasteiger partial charge in [-0.25, -0.2) is 0 Å². The first-order valence-corrected chi connectivity index (χ1v) is 6.63. The normalized spacial score (nSPS) is 13.8. The van der Waals surface area contributed by atoms with E-state index in [2.05, 4.69) is 0 Å². The lowest BCUT2D eigenvalue weighted by Crippen LogP contribution is -2.29. The van der Waals surface area contributed by atoms with Gasteiger partial charge in [-0.3, -0.25) is 0 Å². The molecule has 3 aromatic carbocycles. The molecule has 2 N–H and O–H groups in total. The van der Waals surface area contributed by atoms with Crippen LogP contribution < -0.4 is 5.73 Å². The molecule has 0 bridgehead atoms. The molecule has 0 fully saturated rings. The lowest BCUT2D eigenvalue weighted by atomic mass is 9.89. The zero-order valence-corrected chi connectivity index (χ0v) is 11.4. The van der Waals surface area contributed by atoms with Gasteiger partial charge in [0.05, 0.1) is 0 Å². The summed E-state index contributed by atoms with van der Waals surface area (Å²) in [7, 11) is 0. The molecule has 0 aliphatic heterocycles. The summed E-state index contributed by atoms with van der Waals surface area (Å²) in [6.45, 7) is 1.92. The minimum absolute atomic E-state index is 0.152. The molecule has 0 amide bonds. The second-order valence-electron chi connectivity index (χ2n) is 5.15. The number of alkyl halides is 3. The van der Waals surface area contributed by atoms with E-state index in [1.54, 1.807) is 24.3 Å². The molecular weight excluding hydrogens is 275 g/mol. The fraction of sp³-hybridized carbons (Fsp3) is 0.176. The Kier molecular flexibility index (Phi) is 3.14. The van der Waals surface area contributed by atoms with Crippen LogP contribution in [-0.2, 0) is 0 Å². The molecule has 0 aliphatic rings. The smallest absolute Gasteiger partial charge is 0.316 e. The predicted octanol–water partition coefficient (Wildman–Crippen LogP) is 4.86. The van der Waals surface area contributed by atoms with Crippen LogP contribution in [0.2, 0.25) is 0 Å². The van der Waals surface area contributed by atoms with Crippen LogP contribution in [0, 0.1) is 6.92 Å². The SMILES string of the molecule is Cc1c2ccccc2c([C@H](N)C(F)(F)F)c2ccccc12. The third-order valence-electron chi connectivity index (χ3n) is 3.91. The summed E-state index contributed by atoms with van der Waals surface area (Å²) in [4.78, 5) is 0. The first-order chi connectivity index (χ1) is 9.91. The summed E-state index contributed by atoms with van der Waals surface area (Å²) >= 11 is 0. The van der Waals surface area contributed by atoms with Gasteiger partial charge in [0.1, 0.15) is 6.04 Å². The van der Waals surface area contributed by atoms with E-state index in [0.29, 0.717) is 10.8 Å². The van der Waals surface area contributed by atoms with E-state index in [0.717, 1.165) is 16.3 Å². The number of fused-ring (bicyclic) bond motifs is 2. The maximum Gasteiger partial charge on any atom is 0.407 e. The van der Waals surface area contributed by atoms with E-state index < -0.39 is 12.2 Å². The molecule has 1 atom stereocenters. The van der Waals surface area contributed by atoms with Crippen molar-refractivity contribution in [3.8, 4) is 0 Å². The standard InChI is InChI=1S/C17H14F3N/c1-10-11-6-2-4-8-13(11)15(16(21)17(18,19)20)14-9-5-3-7-12(10)14/h2-9,16H,21H2,1H3/t16-/m0/s1. The van der Waals surface area contributed by atoms with Crippen molar-refractivity contribution in [2.75, 3.05) is 0 Å². The van der Waals surface area contributed by atoms with Gasteiger partial charge in [-0.05, 0) is 39.6 Å². The molecule has 0 saturated carbocycles. The number of halogens is 3. The molecule has 108 valence electrons. The third kappa shape index (κ3) is 2.16. The van der Waals surface area contributed by atoms with Crippen molar-refractivity contribution >= 4 is 21.5 Å². The molecule has 1 nitrogen and oxygen atoms in total. The zero-order valence-electron chi connectivity index (χ0n) is 11.4. The van der Waals surface area contributed by atoms with E-state index in [9.17, 15) is 13.2 Å². The number of rotatable bonds is 1. The van der Waals surface area contributed by atoms with Crippen LogP contribution in [-0.4, -0.2) is 6.18 Å². The van der Waals surface area contributed by atoms with Gasteiger partial charge in [-0.15, -0.1) is 0 Å². The fourth-order valence-corrected chi connectivity index (χ4v) is 2.88. The van der Waals surface area contributed by atoms with Crippen molar-refractivity contribution < 1.29 is 13.2 Å². The Labute approximate surface area is 120 Å². The van der Waals surface area contributed by atoms with Crippen LogP contribution in [0.15, 0.2) is 48.5 Å². The van der Waals surface area contributed by atoms with E-state index >= 15 is 0 Å². The second-order valence-corrected chi connectivity index (χ2v) is 5.15. The summed E-state index contributed by atoms with van der Waals surface area (Å²) in [6.07, 6.45) is -4.47. The van der Waals surface area contributed by atoms with Crippen LogP contribution in [0.3, 0.4) is 0 Å². The molecule has 0 spiro atoms. The Balaban J connectivity index is 2.52. The van der Waals surface area contributed by atoms with E-state index in [1.807, 2.05) is 31.2 Å². The Morgan fingerprint density at radius 2 is 1.19 bits per heavy atom. The third-order valence-corrected chi connectivity index (χ3v) is 3.91. The highest BCUT2D eigenvalue weighted by Crippen LogP contribution is 2.40. The molecule has 0 aliphatic carbocycles. The second kappa shape index (κ2) is 4.74. The van der Waals surface area contributed by atoms with Crippen molar-refractivity contribution in [1.82, 2.24) is 0 Å². The summed E-state index contributed by atoms with van der Waals surface area (Å²) in [5, 5.41) is 2.76. The van der Waals surface area contributed by atoms with Gasteiger partial charge < -0.3 is 5.73 Å². The lowest BCUT2D eigenvalue weighted by molar-refractivity contribution is -0.148. The van der Waals surface area contributed by atoms with Crippen molar-refractivity contribution in [1.29, 1.82) is 0 Å². The Hall–Kier alpha value is -2.07. The predicted molar refractivity (Wildman–Crippen MR) is 79.2 cm³/mol. The Bertz CT molecular complexity index is 764. The van der Waals surface area contributed by atoms with Gasteiger partial charge in [0.25, 0.3) is 0 Å². The highest BCUT2D eigenvalue weighted by atomic mass is 19.4. The van der Waals surface area contributed by atoms with Crippen LogP contribution >= 0.6 is 0 Å². The zero-order chi connectivity index (χ0) is 15.2. The summed E-state index contributed by atoms with van der Waals surface area (Å²) in [6, 6.07) is 12.2. The van der Waals surface area contributed by atoms with Crippen LogP contribution in [0.4, 0.5) is 13.2 Å². The van der Waals surface area contributed by atoms with Crippen molar-refractivity contribution in [3.05, 3.63) is 59.7 Å². The molecule has 0 aromatic heterocycles. The minimum atomic E-state index is -4.47. The summed E-state index contributed by atoms with van der Waals surface area (Å²) in [5.41, 5.74) is 6.65. The molecule has 0 radical (unpaired) electrons. The van der Waals surface area contributed by atoms with E-state index in [1.165, 1.54) is 0 Å². The van der Waals surface area contributed by atoms with Crippen molar-refractivity contribution in [3.63, 3.8) is 0 Å². The van der Waals surface area contributed by atoms with Crippen molar-refractivity contribution in [2.45, 2.75) is 19.1 Å². The molecule has 0 saturated heterocycles. The van der Waals surface area contributed by atoms with E-state index in [4.69, 9.17) is 5.73 Å². The van der Waals surface area contributed by atoms with E-state index in [-0.39, 0.29) is 5.56 Å². The van der Waals surface area contributed by atoms with Gasteiger partial charge in [-0.1, -0.05) is 48.5 Å². The number of benzene rings is 3. The quantitative estimate of drug-likeness (QED) is 0.636.